The largest absolute Gasteiger partial charge is 0.383 e. The molecule has 1 aromatic heterocycles. The lowest BCUT2D eigenvalue weighted by Crippen LogP contribution is -2.47. The summed E-state index contributed by atoms with van der Waals surface area (Å²) in [5, 5.41) is 17.3. The molecule has 0 bridgehead atoms. The van der Waals surface area contributed by atoms with E-state index in [0.29, 0.717) is 16.5 Å². The predicted octanol–water partition coefficient (Wildman–Crippen LogP) is 4.74. The van der Waals surface area contributed by atoms with Crippen molar-refractivity contribution in [1.82, 2.24) is 14.8 Å². The number of aliphatic hydroxyl groups is 1. The van der Waals surface area contributed by atoms with E-state index in [1.54, 1.807) is 23.1 Å². The molecule has 0 radical (unpaired) electrons. The van der Waals surface area contributed by atoms with Crippen molar-refractivity contribution in [3.05, 3.63) is 82.4 Å². The minimum atomic E-state index is -1.18. The number of hydrogen-bond donors (Lipinski definition) is 1. The van der Waals surface area contributed by atoms with Crippen molar-refractivity contribution in [2.45, 2.75) is 32.4 Å². The van der Waals surface area contributed by atoms with Crippen LogP contribution in [0.4, 0.5) is 0 Å². The van der Waals surface area contributed by atoms with Crippen LogP contribution in [0.2, 0.25) is 10.0 Å². The topological polar surface area (TPSA) is 50.9 Å². The molecule has 0 aliphatic heterocycles. The first kappa shape index (κ1) is 18.9. The highest BCUT2D eigenvalue weighted by Gasteiger charge is 2.45. The molecule has 3 aromatic rings. The molecule has 0 spiro atoms. The van der Waals surface area contributed by atoms with E-state index in [2.05, 4.69) is 10.1 Å². The zero-order chi connectivity index (χ0) is 18.8. The quantitative estimate of drug-likeness (QED) is 0.661. The average Bonchev–Trinajstić information content (AvgIpc) is 3.10. The summed E-state index contributed by atoms with van der Waals surface area (Å²) in [4.78, 5) is 3.99. The Bertz CT molecular complexity index is 846. The number of hydrogen-bond acceptors (Lipinski definition) is 3. The van der Waals surface area contributed by atoms with Crippen LogP contribution < -0.4 is 0 Å². The van der Waals surface area contributed by atoms with Gasteiger partial charge in [0.2, 0.25) is 0 Å². The van der Waals surface area contributed by atoms with Gasteiger partial charge in [0.15, 0.2) is 0 Å². The van der Waals surface area contributed by atoms with Crippen molar-refractivity contribution in [3.63, 3.8) is 0 Å². The highest BCUT2D eigenvalue weighted by molar-refractivity contribution is 6.30. The monoisotopic (exact) mass is 389 g/mol. The zero-order valence-corrected chi connectivity index (χ0v) is 16.2. The molecule has 0 fully saturated rings. The van der Waals surface area contributed by atoms with Crippen LogP contribution in [-0.2, 0) is 18.6 Å². The van der Waals surface area contributed by atoms with Crippen molar-refractivity contribution in [2.24, 2.45) is 5.41 Å². The number of benzene rings is 2. The average molecular weight is 390 g/mol. The summed E-state index contributed by atoms with van der Waals surface area (Å²) in [6.07, 6.45) is 3.74. The van der Waals surface area contributed by atoms with Gasteiger partial charge in [-0.2, -0.15) is 5.10 Å². The number of nitrogens with zero attached hydrogens (tertiary/aromatic N) is 3. The molecule has 0 aliphatic carbocycles. The van der Waals surface area contributed by atoms with Gasteiger partial charge in [-0.3, -0.25) is 0 Å². The van der Waals surface area contributed by atoms with E-state index in [1.165, 1.54) is 6.33 Å². The van der Waals surface area contributed by atoms with E-state index in [-0.39, 0.29) is 6.54 Å². The van der Waals surface area contributed by atoms with Crippen molar-refractivity contribution < 1.29 is 5.11 Å². The summed E-state index contributed by atoms with van der Waals surface area (Å²) in [6, 6.07) is 15.0. The molecule has 0 saturated heterocycles. The summed E-state index contributed by atoms with van der Waals surface area (Å²) >= 11 is 12.0. The van der Waals surface area contributed by atoms with E-state index in [1.807, 2.05) is 50.2 Å². The lowest BCUT2D eigenvalue weighted by Gasteiger charge is -2.43. The van der Waals surface area contributed by atoms with Crippen LogP contribution in [-0.4, -0.2) is 19.9 Å². The lowest BCUT2D eigenvalue weighted by atomic mass is 9.67. The van der Waals surface area contributed by atoms with Gasteiger partial charge < -0.3 is 5.11 Å². The van der Waals surface area contributed by atoms with E-state index in [9.17, 15) is 5.11 Å². The van der Waals surface area contributed by atoms with Gasteiger partial charge in [-0.25, -0.2) is 9.67 Å². The first-order chi connectivity index (χ1) is 12.3. The van der Waals surface area contributed by atoms with Crippen LogP contribution >= 0.6 is 23.2 Å². The Balaban J connectivity index is 2.00. The maximum Gasteiger partial charge on any atom is 0.137 e. The highest BCUT2D eigenvalue weighted by Crippen LogP contribution is 2.43. The fourth-order valence-corrected chi connectivity index (χ4v) is 3.48. The molecule has 0 saturated carbocycles. The van der Waals surface area contributed by atoms with E-state index >= 15 is 0 Å². The first-order valence-corrected chi connectivity index (χ1v) is 9.11. The third-order valence-electron chi connectivity index (χ3n) is 4.86. The molecule has 4 nitrogen and oxygen atoms in total. The summed E-state index contributed by atoms with van der Waals surface area (Å²) in [5.74, 6) is 0. The van der Waals surface area contributed by atoms with Crippen molar-refractivity contribution in [1.29, 1.82) is 0 Å². The predicted molar refractivity (Wildman–Crippen MR) is 104 cm³/mol. The number of rotatable bonds is 6. The molecular weight excluding hydrogens is 369 g/mol. The Morgan fingerprint density at radius 1 is 0.962 bits per heavy atom. The van der Waals surface area contributed by atoms with Gasteiger partial charge in [-0.05, 0) is 41.8 Å². The maximum atomic E-state index is 11.8. The molecule has 1 unspecified atom stereocenters. The van der Waals surface area contributed by atoms with Gasteiger partial charge in [-0.15, -0.1) is 0 Å². The van der Waals surface area contributed by atoms with E-state index < -0.39 is 11.0 Å². The Morgan fingerprint density at radius 3 is 2.08 bits per heavy atom. The molecule has 0 amide bonds. The molecule has 3 rings (SSSR count). The third kappa shape index (κ3) is 3.93. The van der Waals surface area contributed by atoms with Gasteiger partial charge in [0.05, 0.1) is 6.54 Å². The second-order valence-corrected chi connectivity index (χ2v) is 8.02. The SMILES string of the molecule is CC(C)(Cc1ccc(Cl)cc1)C(O)(Cn1cncn1)c1ccc(Cl)cc1. The zero-order valence-electron chi connectivity index (χ0n) is 14.7. The smallest absolute Gasteiger partial charge is 0.137 e. The molecule has 0 aliphatic rings. The number of aromatic nitrogens is 3. The third-order valence-corrected chi connectivity index (χ3v) is 5.36. The second-order valence-electron chi connectivity index (χ2n) is 7.15. The molecule has 6 heteroatoms. The Kier molecular flexibility index (Phi) is 5.37. The normalized spacial score (nSPS) is 14.2. The van der Waals surface area contributed by atoms with Gasteiger partial charge in [0.1, 0.15) is 18.3 Å². The van der Waals surface area contributed by atoms with Crippen LogP contribution in [0.3, 0.4) is 0 Å². The fraction of sp³-hybridized carbons (Fsp3) is 0.300. The minimum Gasteiger partial charge on any atom is -0.383 e. The van der Waals surface area contributed by atoms with E-state index in [4.69, 9.17) is 23.2 Å². The summed E-state index contributed by atoms with van der Waals surface area (Å²) < 4.78 is 1.65. The molecule has 1 heterocycles. The van der Waals surface area contributed by atoms with Crippen LogP contribution in [0.5, 0.6) is 0 Å². The molecule has 1 N–H and O–H groups in total. The summed E-state index contributed by atoms with van der Waals surface area (Å²) in [7, 11) is 0. The first-order valence-electron chi connectivity index (χ1n) is 8.35. The lowest BCUT2D eigenvalue weighted by molar-refractivity contribution is -0.0895. The Labute approximate surface area is 163 Å². The second kappa shape index (κ2) is 7.39. The van der Waals surface area contributed by atoms with Crippen LogP contribution in [0, 0.1) is 5.41 Å². The molecule has 2 aromatic carbocycles. The number of halogens is 2. The minimum absolute atomic E-state index is 0.287. The van der Waals surface area contributed by atoms with E-state index in [0.717, 1.165) is 11.1 Å². The van der Waals surface area contributed by atoms with Crippen LogP contribution in [0.1, 0.15) is 25.0 Å². The van der Waals surface area contributed by atoms with Gasteiger partial charge >= 0.3 is 0 Å². The summed E-state index contributed by atoms with van der Waals surface area (Å²) in [5.41, 5.74) is 0.215. The highest BCUT2D eigenvalue weighted by atomic mass is 35.5. The van der Waals surface area contributed by atoms with Crippen molar-refractivity contribution in [2.75, 3.05) is 0 Å². The molecule has 136 valence electrons. The fourth-order valence-electron chi connectivity index (χ4n) is 3.23. The van der Waals surface area contributed by atoms with Gasteiger partial charge in [0.25, 0.3) is 0 Å². The summed E-state index contributed by atoms with van der Waals surface area (Å²) in [6.45, 7) is 4.38. The molecule has 1 atom stereocenters. The van der Waals surface area contributed by atoms with Crippen molar-refractivity contribution in [3.8, 4) is 0 Å². The molecule has 26 heavy (non-hydrogen) atoms. The Morgan fingerprint density at radius 2 is 1.54 bits per heavy atom. The van der Waals surface area contributed by atoms with Crippen LogP contribution in [0.15, 0.2) is 61.2 Å². The Hall–Kier alpha value is -1.88. The standard InChI is InChI=1S/C20H21Cl2N3O/c1-19(2,11-15-3-7-17(21)8-4-15)20(26,12-25-14-23-13-24-25)16-5-9-18(22)10-6-16/h3-10,13-14,26H,11-12H2,1-2H3. The van der Waals surface area contributed by atoms with Crippen LogP contribution in [0.25, 0.3) is 0 Å². The van der Waals surface area contributed by atoms with Crippen molar-refractivity contribution >= 4 is 23.2 Å². The molecular formula is C20H21Cl2N3O. The van der Waals surface area contributed by atoms with Gasteiger partial charge in [-0.1, -0.05) is 61.3 Å². The van der Waals surface area contributed by atoms with Gasteiger partial charge in [0, 0.05) is 15.5 Å². The maximum absolute atomic E-state index is 11.8.